The second-order valence-corrected chi connectivity index (χ2v) is 5.30. The van der Waals surface area contributed by atoms with E-state index in [1.54, 1.807) is 7.11 Å². The molecule has 3 nitrogen and oxygen atoms in total. The standard InChI is InChI=1S/C16H25NO2/c1-13(12-18-2)17-9-10-19-16-8-7-14-5-3-4-6-15(14)11-16/h7-8,11,13,17H,3-6,9-10,12H2,1-2H3. The van der Waals surface area contributed by atoms with E-state index in [1.807, 2.05) is 0 Å². The molecule has 1 atom stereocenters. The van der Waals surface area contributed by atoms with Crippen LogP contribution in [0.5, 0.6) is 5.75 Å². The van der Waals surface area contributed by atoms with Crippen LogP contribution in [0.25, 0.3) is 0 Å². The predicted molar refractivity (Wildman–Crippen MR) is 77.9 cm³/mol. The van der Waals surface area contributed by atoms with Crippen molar-refractivity contribution in [2.75, 3.05) is 26.9 Å². The van der Waals surface area contributed by atoms with Crippen LogP contribution < -0.4 is 10.1 Å². The van der Waals surface area contributed by atoms with E-state index in [9.17, 15) is 0 Å². The van der Waals surface area contributed by atoms with Gasteiger partial charge in [-0.05, 0) is 55.9 Å². The number of ether oxygens (including phenoxy) is 2. The molecule has 1 aromatic carbocycles. The number of hydrogen-bond acceptors (Lipinski definition) is 3. The van der Waals surface area contributed by atoms with Crippen molar-refractivity contribution in [1.82, 2.24) is 5.32 Å². The van der Waals surface area contributed by atoms with Gasteiger partial charge in [-0.25, -0.2) is 0 Å². The van der Waals surface area contributed by atoms with Gasteiger partial charge in [0.15, 0.2) is 0 Å². The highest BCUT2D eigenvalue weighted by molar-refractivity contribution is 5.37. The maximum atomic E-state index is 5.80. The van der Waals surface area contributed by atoms with E-state index in [-0.39, 0.29) is 0 Å². The molecule has 1 unspecified atom stereocenters. The van der Waals surface area contributed by atoms with Crippen LogP contribution in [0.15, 0.2) is 18.2 Å². The van der Waals surface area contributed by atoms with Gasteiger partial charge in [-0.1, -0.05) is 6.07 Å². The molecule has 0 fully saturated rings. The molecule has 106 valence electrons. The maximum Gasteiger partial charge on any atom is 0.119 e. The zero-order chi connectivity index (χ0) is 13.5. The van der Waals surface area contributed by atoms with Gasteiger partial charge in [0.25, 0.3) is 0 Å². The molecule has 1 N–H and O–H groups in total. The summed E-state index contributed by atoms with van der Waals surface area (Å²) in [7, 11) is 1.72. The Bertz CT molecular complexity index is 392. The van der Waals surface area contributed by atoms with Crippen LogP contribution in [0, 0.1) is 0 Å². The van der Waals surface area contributed by atoms with Crippen LogP contribution in [0.1, 0.15) is 30.9 Å². The molecule has 0 heterocycles. The molecule has 1 aromatic rings. The van der Waals surface area contributed by atoms with E-state index in [0.29, 0.717) is 12.6 Å². The van der Waals surface area contributed by atoms with Gasteiger partial charge in [0.1, 0.15) is 12.4 Å². The second kappa shape index (κ2) is 7.51. The molecule has 1 aliphatic carbocycles. The highest BCUT2D eigenvalue weighted by Crippen LogP contribution is 2.25. The number of nitrogens with one attached hydrogen (secondary N) is 1. The first-order valence-electron chi connectivity index (χ1n) is 7.26. The molecule has 0 saturated heterocycles. The van der Waals surface area contributed by atoms with Crippen molar-refractivity contribution in [2.24, 2.45) is 0 Å². The average Bonchev–Trinajstić information content (AvgIpc) is 2.44. The van der Waals surface area contributed by atoms with Crippen molar-refractivity contribution >= 4 is 0 Å². The summed E-state index contributed by atoms with van der Waals surface area (Å²) in [5.41, 5.74) is 2.98. The maximum absolute atomic E-state index is 5.80. The minimum Gasteiger partial charge on any atom is -0.492 e. The number of benzene rings is 1. The van der Waals surface area contributed by atoms with Gasteiger partial charge >= 0.3 is 0 Å². The van der Waals surface area contributed by atoms with Crippen LogP contribution in [0.3, 0.4) is 0 Å². The van der Waals surface area contributed by atoms with Gasteiger partial charge in [-0.3, -0.25) is 0 Å². The summed E-state index contributed by atoms with van der Waals surface area (Å²) in [6.45, 7) is 4.40. The molecule has 2 rings (SSSR count). The van der Waals surface area contributed by atoms with Crippen molar-refractivity contribution < 1.29 is 9.47 Å². The topological polar surface area (TPSA) is 30.5 Å². The summed E-state index contributed by atoms with van der Waals surface area (Å²) >= 11 is 0. The van der Waals surface area contributed by atoms with Crippen LogP contribution in [-0.4, -0.2) is 32.9 Å². The second-order valence-electron chi connectivity index (χ2n) is 5.30. The molecule has 0 saturated carbocycles. The van der Waals surface area contributed by atoms with Crippen LogP contribution in [-0.2, 0) is 17.6 Å². The largest absolute Gasteiger partial charge is 0.492 e. The molecule has 0 spiro atoms. The molecule has 0 aromatic heterocycles. The van der Waals surface area contributed by atoms with Gasteiger partial charge in [-0.2, -0.15) is 0 Å². The van der Waals surface area contributed by atoms with Gasteiger partial charge in [-0.15, -0.1) is 0 Å². The lowest BCUT2D eigenvalue weighted by molar-refractivity contribution is 0.169. The van der Waals surface area contributed by atoms with E-state index < -0.39 is 0 Å². The Labute approximate surface area is 116 Å². The lowest BCUT2D eigenvalue weighted by Crippen LogP contribution is -2.33. The quantitative estimate of drug-likeness (QED) is 0.767. The van der Waals surface area contributed by atoms with Crippen molar-refractivity contribution in [3.63, 3.8) is 0 Å². The highest BCUT2D eigenvalue weighted by Gasteiger charge is 2.09. The first-order chi connectivity index (χ1) is 9.29. The fourth-order valence-corrected chi connectivity index (χ4v) is 2.58. The normalized spacial score (nSPS) is 15.9. The minimum atomic E-state index is 0.372. The summed E-state index contributed by atoms with van der Waals surface area (Å²) in [6.07, 6.45) is 5.07. The van der Waals surface area contributed by atoms with Gasteiger partial charge < -0.3 is 14.8 Å². The third-order valence-corrected chi connectivity index (χ3v) is 3.60. The zero-order valence-electron chi connectivity index (χ0n) is 12.1. The Morgan fingerprint density at radius 3 is 2.79 bits per heavy atom. The lowest BCUT2D eigenvalue weighted by atomic mass is 9.92. The Kier molecular flexibility index (Phi) is 5.67. The van der Waals surface area contributed by atoms with Crippen molar-refractivity contribution in [3.05, 3.63) is 29.3 Å². The zero-order valence-corrected chi connectivity index (χ0v) is 12.1. The molecule has 0 radical (unpaired) electrons. The first-order valence-corrected chi connectivity index (χ1v) is 7.26. The lowest BCUT2D eigenvalue weighted by Gasteiger charge is -2.17. The summed E-state index contributed by atoms with van der Waals surface area (Å²) in [5, 5.41) is 3.37. The Balaban J connectivity index is 1.74. The summed E-state index contributed by atoms with van der Waals surface area (Å²) in [4.78, 5) is 0. The summed E-state index contributed by atoms with van der Waals surface area (Å²) in [5.74, 6) is 1.00. The number of fused-ring (bicyclic) bond motifs is 1. The molecular formula is C16H25NO2. The monoisotopic (exact) mass is 263 g/mol. The smallest absolute Gasteiger partial charge is 0.119 e. The third-order valence-electron chi connectivity index (χ3n) is 3.60. The van der Waals surface area contributed by atoms with E-state index in [2.05, 4.69) is 30.4 Å². The van der Waals surface area contributed by atoms with Crippen molar-refractivity contribution in [2.45, 2.75) is 38.6 Å². The van der Waals surface area contributed by atoms with Crippen LogP contribution in [0.4, 0.5) is 0 Å². The Morgan fingerprint density at radius 2 is 2.00 bits per heavy atom. The third kappa shape index (κ3) is 4.51. The van der Waals surface area contributed by atoms with Crippen LogP contribution >= 0.6 is 0 Å². The number of aryl methyl sites for hydroxylation is 2. The molecular weight excluding hydrogens is 238 g/mol. The number of hydrogen-bond donors (Lipinski definition) is 1. The average molecular weight is 263 g/mol. The van der Waals surface area contributed by atoms with E-state index >= 15 is 0 Å². The molecule has 1 aliphatic rings. The number of methoxy groups -OCH3 is 1. The van der Waals surface area contributed by atoms with Crippen molar-refractivity contribution in [3.8, 4) is 5.75 Å². The van der Waals surface area contributed by atoms with E-state index in [0.717, 1.165) is 18.9 Å². The van der Waals surface area contributed by atoms with Crippen molar-refractivity contribution in [1.29, 1.82) is 0 Å². The van der Waals surface area contributed by atoms with Gasteiger partial charge in [0, 0.05) is 19.7 Å². The Hall–Kier alpha value is -1.06. The minimum absolute atomic E-state index is 0.372. The highest BCUT2D eigenvalue weighted by atomic mass is 16.5. The predicted octanol–water partition coefficient (Wildman–Crippen LogP) is 2.57. The molecule has 0 bridgehead atoms. The first kappa shape index (κ1) is 14.4. The fraction of sp³-hybridized carbons (Fsp3) is 0.625. The van der Waals surface area contributed by atoms with Crippen LogP contribution in [0.2, 0.25) is 0 Å². The Morgan fingerprint density at radius 1 is 1.21 bits per heavy atom. The molecule has 0 amide bonds. The molecule has 19 heavy (non-hydrogen) atoms. The fourth-order valence-electron chi connectivity index (χ4n) is 2.58. The number of rotatable bonds is 7. The summed E-state index contributed by atoms with van der Waals surface area (Å²) in [6, 6.07) is 6.91. The van der Waals surface area contributed by atoms with Gasteiger partial charge in [0.2, 0.25) is 0 Å². The molecule has 3 heteroatoms. The SMILES string of the molecule is COCC(C)NCCOc1ccc2c(c1)CCCC2. The van der Waals surface area contributed by atoms with E-state index in [4.69, 9.17) is 9.47 Å². The van der Waals surface area contributed by atoms with Gasteiger partial charge in [0.05, 0.1) is 6.61 Å². The molecule has 0 aliphatic heterocycles. The van der Waals surface area contributed by atoms with E-state index in [1.165, 1.54) is 36.8 Å². The summed E-state index contributed by atoms with van der Waals surface area (Å²) < 4.78 is 10.9.